The summed E-state index contributed by atoms with van der Waals surface area (Å²) in [6.07, 6.45) is 0. The quantitative estimate of drug-likeness (QED) is 0.622. The summed E-state index contributed by atoms with van der Waals surface area (Å²) in [6.45, 7) is 0. The number of hydrogen-bond acceptors (Lipinski definition) is 3. The molecule has 82 valence electrons. The number of benzene rings is 1. The highest BCUT2D eigenvalue weighted by atomic mass is 79.9. The van der Waals surface area contributed by atoms with Crippen LogP contribution in [-0.2, 0) is 4.74 Å². The standard InChI is InChI=1S/C9H7BrClFO3/c1-14-8-5(10)3-4(9(13)15-2)7(12)6(8)11/h3H,1-2H3. The van der Waals surface area contributed by atoms with E-state index in [1.54, 1.807) is 0 Å². The average Bonchev–Trinajstić information content (AvgIpc) is 2.23. The minimum Gasteiger partial charge on any atom is -0.494 e. The summed E-state index contributed by atoms with van der Waals surface area (Å²) in [6, 6.07) is 1.26. The lowest BCUT2D eigenvalue weighted by Gasteiger charge is -2.09. The third-order valence-electron chi connectivity index (χ3n) is 1.73. The maximum atomic E-state index is 13.5. The van der Waals surface area contributed by atoms with E-state index in [9.17, 15) is 9.18 Å². The van der Waals surface area contributed by atoms with Gasteiger partial charge in [0, 0.05) is 0 Å². The second-order valence-corrected chi connectivity index (χ2v) is 3.79. The number of carbonyl (C=O) groups is 1. The van der Waals surface area contributed by atoms with Gasteiger partial charge in [-0.3, -0.25) is 0 Å². The Kier molecular flexibility index (Phi) is 3.93. The van der Waals surface area contributed by atoms with Gasteiger partial charge in [0.05, 0.1) is 24.3 Å². The first kappa shape index (κ1) is 12.3. The van der Waals surface area contributed by atoms with Crippen LogP contribution in [-0.4, -0.2) is 20.2 Å². The number of esters is 1. The van der Waals surface area contributed by atoms with E-state index in [0.717, 1.165) is 7.11 Å². The molecule has 0 aliphatic heterocycles. The molecule has 0 spiro atoms. The molecule has 0 aliphatic carbocycles. The third-order valence-corrected chi connectivity index (χ3v) is 2.65. The fourth-order valence-electron chi connectivity index (χ4n) is 1.02. The summed E-state index contributed by atoms with van der Waals surface area (Å²) >= 11 is 8.77. The SMILES string of the molecule is COC(=O)c1cc(Br)c(OC)c(Cl)c1F. The summed E-state index contributed by atoms with van der Waals surface area (Å²) in [5, 5.41) is -0.257. The first-order valence-corrected chi connectivity index (χ1v) is 4.99. The van der Waals surface area contributed by atoms with Crippen LogP contribution < -0.4 is 4.74 Å². The van der Waals surface area contributed by atoms with Crippen LogP contribution in [0.15, 0.2) is 10.5 Å². The van der Waals surface area contributed by atoms with Gasteiger partial charge in [-0.15, -0.1) is 0 Å². The van der Waals surface area contributed by atoms with Crippen molar-refractivity contribution in [3.63, 3.8) is 0 Å². The normalized spacial score (nSPS) is 9.93. The summed E-state index contributed by atoms with van der Waals surface area (Å²) in [5.41, 5.74) is -0.241. The van der Waals surface area contributed by atoms with Crippen molar-refractivity contribution >= 4 is 33.5 Å². The van der Waals surface area contributed by atoms with Crippen molar-refractivity contribution in [2.75, 3.05) is 14.2 Å². The number of ether oxygens (including phenoxy) is 2. The molecule has 0 radical (unpaired) electrons. The molecule has 1 aromatic carbocycles. The zero-order valence-electron chi connectivity index (χ0n) is 7.94. The molecule has 0 heterocycles. The van der Waals surface area contributed by atoms with Gasteiger partial charge in [0.15, 0.2) is 11.6 Å². The van der Waals surface area contributed by atoms with E-state index in [4.69, 9.17) is 16.3 Å². The Hall–Kier alpha value is -0.810. The minimum atomic E-state index is -0.858. The topological polar surface area (TPSA) is 35.5 Å². The van der Waals surface area contributed by atoms with Crippen molar-refractivity contribution in [3.8, 4) is 5.75 Å². The predicted molar refractivity (Wildman–Crippen MR) is 57.0 cm³/mol. The summed E-state index contributed by atoms with van der Waals surface area (Å²) in [5.74, 6) is -1.51. The Balaban J connectivity index is 3.40. The highest BCUT2D eigenvalue weighted by Gasteiger charge is 2.21. The van der Waals surface area contributed by atoms with E-state index >= 15 is 0 Å². The van der Waals surface area contributed by atoms with Crippen LogP contribution in [0.1, 0.15) is 10.4 Å². The molecule has 1 aromatic rings. The molecular formula is C9H7BrClFO3. The van der Waals surface area contributed by atoms with Gasteiger partial charge >= 0.3 is 5.97 Å². The van der Waals surface area contributed by atoms with Crippen molar-refractivity contribution in [2.45, 2.75) is 0 Å². The Labute approximate surface area is 99.3 Å². The second-order valence-electron chi connectivity index (χ2n) is 2.56. The number of halogens is 3. The molecule has 3 nitrogen and oxygen atoms in total. The second kappa shape index (κ2) is 4.81. The molecule has 6 heteroatoms. The average molecular weight is 298 g/mol. The van der Waals surface area contributed by atoms with Crippen molar-refractivity contribution < 1.29 is 18.7 Å². The van der Waals surface area contributed by atoms with E-state index in [2.05, 4.69) is 20.7 Å². The summed E-state index contributed by atoms with van der Waals surface area (Å²) in [7, 11) is 2.51. The third kappa shape index (κ3) is 2.23. The molecule has 0 saturated heterocycles. The molecular weight excluding hydrogens is 290 g/mol. The summed E-state index contributed by atoms with van der Waals surface area (Å²) < 4.78 is 23.2. The summed E-state index contributed by atoms with van der Waals surface area (Å²) in [4.78, 5) is 11.2. The molecule has 0 fully saturated rings. The van der Waals surface area contributed by atoms with E-state index < -0.39 is 11.8 Å². The van der Waals surface area contributed by atoms with Crippen LogP contribution in [0.4, 0.5) is 4.39 Å². The van der Waals surface area contributed by atoms with Gasteiger partial charge in [-0.05, 0) is 22.0 Å². The molecule has 15 heavy (non-hydrogen) atoms. The lowest BCUT2D eigenvalue weighted by atomic mass is 10.2. The van der Waals surface area contributed by atoms with Crippen molar-refractivity contribution in [1.82, 2.24) is 0 Å². The van der Waals surface area contributed by atoms with Crippen LogP contribution >= 0.6 is 27.5 Å². The lowest BCUT2D eigenvalue weighted by molar-refractivity contribution is 0.0595. The predicted octanol–water partition coefficient (Wildman–Crippen LogP) is 3.04. The van der Waals surface area contributed by atoms with Gasteiger partial charge in [0.2, 0.25) is 0 Å². The molecule has 0 aliphatic rings. The van der Waals surface area contributed by atoms with E-state index in [1.807, 2.05) is 0 Å². The molecule has 0 unspecified atom stereocenters. The van der Waals surface area contributed by atoms with E-state index in [0.29, 0.717) is 4.47 Å². The Morgan fingerprint density at radius 2 is 2.13 bits per heavy atom. The van der Waals surface area contributed by atoms with Crippen LogP contribution in [0, 0.1) is 5.82 Å². The van der Waals surface area contributed by atoms with Gasteiger partial charge in [-0.25, -0.2) is 9.18 Å². The number of methoxy groups -OCH3 is 2. The molecule has 0 aromatic heterocycles. The van der Waals surface area contributed by atoms with Gasteiger partial charge in [-0.1, -0.05) is 11.6 Å². The molecule has 0 atom stereocenters. The minimum absolute atomic E-state index is 0.141. The smallest absolute Gasteiger partial charge is 0.340 e. The van der Waals surface area contributed by atoms with E-state index in [1.165, 1.54) is 13.2 Å². The zero-order valence-corrected chi connectivity index (χ0v) is 10.3. The van der Waals surface area contributed by atoms with Crippen molar-refractivity contribution in [2.24, 2.45) is 0 Å². The highest BCUT2D eigenvalue weighted by molar-refractivity contribution is 9.10. The monoisotopic (exact) mass is 296 g/mol. The lowest BCUT2D eigenvalue weighted by Crippen LogP contribution is -2.06. The fourth-order valence-corrected chi connectivity index (χ4v) is 2.01. The Morgan fingerprint density at radius 1 is 1.53 bits per heavy atom. The zero-order chi connectivity index (χ0) is 11.6. The molecule has 0 amide bonds. The fraction of sp³-hybridized carbons (Fsp3) is 0.222. The van der Waals surface area contributed by atoms with Gasteiger partial charge in [0.25, 0.3) is 0 Å². The number of carbonyl (C=O) groups excluding carboxylic acids is 1. The largest absolute Gasteiger partial charge is 0.494 e. The number of hydrogen-bond donors (Lipinski definition) is 0. The first-order chi connectivity index (χ1) is 7.02. The van der Waals surface area contributed by atoms with Gasteiger partial charge < -0.3 is 9.47 Å². The van der Waals surface area contributed by atoms with Crippen LogP contribution in [0.25, 0.3) is 0 Å². The van der Waals surface area contributed by atoms with E-state index in [-0.39, 0.29) is 16.3 Å². The Morgan fingerprint density at radius 3 is 2.60 bits per heavy atom. The van der Waals surface area contributed by atoms with Gasteiger partial charge in [0.1, 0.15) is 5.02 Å². The van der Waals surface area contributed by atoms with Crippen LogP contribution in [0.5, 0.6) is 5.75 Å². The maximum absolute atomic E-state index is 13.5. The van der Waals surface area contributed by atoms with Gasteiger partial charge in [-0.2, -0.15) is 0 Å². The first-order valence-electron chi connectivity index (χ1n) is 3.82. The molecule has 1 rings (SSSR count). The maximum Gasteiger partial charge on any atom is 0.340 e. The molecule has 0 saturated carbocycles. The highest BCUT2D eigenvalue weighted by Crippen LogP contribution is 2.36. The van der Waals surface area contributed by atoms with Crippen LogP contribution in [0.3, 0.4) is 0 Å². The Bertz CT molecular complexity index is 409. The molecule has 0 bridgehead atoms. The number of rotatable bonds is 2. The molecule has 0 N–H and O–H groups in total. The van der Waals surface area contributed by atoms with Crippen molar-refractivity contribution in [1.29, 1.82) is 0 Å². The van der Waals surface area contributed by atoms with Crippen LogP contribution in [0.2, 0.25) is 5.02 Å². The van der Waals surface area contributed by atoms with Crippen molar-refractivity contribution in [3.05, 3.63) is 26.9 Å².